The molecule has 1 aliphatic rings. The van der Waals surface area contributed by atoms with E-state index < -0.39 is 11.6 Å². The Hall–Kier alpha value is -4.93. The number of ether oxygens (including phenoxy) is 1. The third-order valence-corrected chi connectivity index (χ3v) is 6.04. The van der Waals surface area contributed by atoms with E-state index >= 15 is 0 Å². The predicted molar refractivity (Wildman–Crippen MR) is 150 cm³/mol. The first kappa shape index (κ1) is 25.7. The first-order valence-corrected chi connectivity index (χ1v) is 12.5. The monoisotopic (exact) mass is 526 g/mol. The lowest BCUT2D eigenvalue weighted by Gasteiger charge is -2.31. The van der Waals surface area contributed by atoms with Gasteiger partial charge in [0.15, 0.2) is 17.2 Å². The highest BCUT2D eigenvalue weighted by molar-refractivity contribution is 6.01. The van der Waals surface area contributed by atoms with Crippen LogP contribution in [0.3, 0.4) is 0 Å². The van der Waals surface area contributed by atoms with E-state index in [1.807, 2.05) is 42.5 Å². The van der Waals surface area contributed by atoms with Gasteiger partial charge in [-0.1, -0.05) is 45.0 Å². The minimum atomic E-state index is -1.07. The Bertz CT molecular complexity index is 1540. The molecule has 0 unspecified atom stereocenters. The number of anilines is 5. The van der Waals surface area contributed by atoms with Crippen molar-refractivity contribution >= 4 is 40.8 Å². The molecule has 3 amide bonds. The smallest absolute Gasteiger partial charge is 0.324 e. The molecular formula is C28H30N8O3. The van der Waals surface area contributed by atoms with Crippen molar-refractivity contribution in [2.24, 2.45) is 0 Å². The molecule has 4 aromatic rings. The third-order valence-electron chi connectivity index (χ3n) is 6.04. The molecule has 39 heavy (non-hydrogen) atoms. The number of rotatable bonds is 5. The second-order valence-corrected chi connectivity index (χ2v) is 10.7. The van der Waals surface area contributed by atoms with Crippen LogP contribution in [0.1, 0.15) is 40.3 Å². The largest absolute Gasteiger partial charge is 0.470 e. The zero-order valence-corrected chi connectivity index (χ0v) is 22.4. The molecule has 4 N–H and O–H groups in total. The van der Waals surface area contributed by atoms with E-state index in [1.165, 1.54) is 6.33 Å². The van der Waals surface area contributed by atoms with Gasteiger partial charge in [0, 0.05) is 22.9 Å². The summed E-state index contributed by atoms with van der Waals surface area (Å²) >= 11 is 0. The topological polar surface area (TPSA) is 135 Å². The SMILES string of the molecule is CC1(C)Oc2c(ncnc2Nc2cccc(NC(=O)Nc3cc(C(C)(C)C)nn3-c3ccccc3)c2)NC1=O. The van der Waals surface area contributed by atoms with Gasteiger partial charge in [-0.25, -0.2) is 19.4 Å². The van der Waals surface area contributed by atoms with Crippen molar-refractivity contribution < 1.29 is 14.3 Å². The second kappa shape index (κ2) is 9.75. The Kier molecular flexibility index (Phi) is 6.43. The summed E-state index contributed by atoms with van der Waals surface area (Å²) in [6.07, 6.45) is 1.33. The van der Waals surface area contributed by atoms with Gasteiger partial charge in [0.05, 0.1) is 11.4 Å². The van der Waals surface area contributed by atoms with E-state index in [-0.39, 0.29) is 17.1 Å². The molecule has 2 aromatic carbocycles. The van der Waals surface area contributed by atoms with E-state index in [0.717, 1.165) is 11.4 Å². The fraction of sp³-hybridized carbons (Fsp3) is 0.250. The number of amides is 3. The van der Waals surface area contributed by atoms with Gasteiger partial charge < -0.3 is 20.7 Å². The third kappa shape index (κ3) is 5.52. The van der Waals surface area contributed by atoms with Crippen molar-refractivity contribution in [1.29, 1.82) is 0 Å². The molecule has 0 atom stereocenters. The molecule has 0 saturated heterocycles. The number of nitrogens with zero attached hydrogens (tertiary/aromatic N) is 4. The van der Waals surface area contributed by atoms with Crippen molar-refractivity contribution in [3.8, 4) is 11.4 Å². The lowest BCUT2D eigenvalue weighted by Crippen LogP contribution is -2.46. The van der Waals surface area contributed by atoms with Gasteiger partial charge in [-0.3, -0.25) is 10.1 Å². The van der Waals surface area contributed by atoms with Gasteiger partial charge in [-0.2, -0.15) is 5.10 Å². The van der Waals surface area contributed by atoms with Crippen LogP contribution >= 0.6 is 0 Å². The first-order valence-electron chi connectivity index (χ1n) is 12.5. The van der Waals surface area contributed by atoms with Crippen molar-refractivity contribution in [3.63, 3.8) is 0 Å². The number of nitrogens with one attached hydrogen (secondary N) is 4. The molecule has 0 spiro atoms. The first-order chi connectivity index (χ1) is 18.5. The molecule has 2 aromatic heterocycles. The van der Waals surface area contributed by atoms with Crippen molar-refractivity contribution in [2.75, 3.05) is 21.3 Å². The van der Waals surface area contributed by atoms with Crippen molar-refractivity contribution in [2.45, 2.75) is 45.6 Å². The molecule has 1 aliphatic heterocycles. The molecule has 11 nitrogen and oxygen atoms in total. The highest BCUT2D eigenvalue weighted by Crippen LogP contribution is 2.38. The lowest BCUT2D eigenvalue weighted by atomic mass is 9.92. The summed E-state index contributed by atoms with van der Waals surface area (Å²) in [4.78, 5) is 33.6. The van der Waals surface area contributed by atoms with Gasteiger partial charge in [0.25, 0.3) is 5.91 Å². The maximum Gasteiger partial charge on any atom is 0.324 e. The summed E-state index contributed by atoms with van der Waals surface area (Å²) in [6, 6.07) is 18.2. The fourth-order valence-electron chi connectivity index (χ4n) is 3.90. The zero-order chi connectivity index (χ0) is 27.8. The predicted octanol–water partition coefficient (Wildman–Crippen LogP) is 5.46. The summed E-state index contributed by atoms with van der Waals surface area (Å²) in [5.74, 6) is 1.26. The number of carbonyl (C=O) groups is 2. The number of para-hydroxylation sites is 1. The van der Waals surface area contributed by atoms with Crippen molar-refractivity contribution in [1.82, 2.24) is 19.7 Å². The molecule has 0 radical (unpaired) electrons. The lowest BCUT2D eigenvalue weighted by molar-refractivity contribution is -0.129. The summed E-state index contributed by atoms with van der Waals surface area (Å²) < 4.78 is 7.60. The Morgan fingerprint density at radius 1 is 0.974 bits per heavy atom. The Labute approximate surface area is 226 Å². The van der Waals surface area contributed by atoms with E-state index in [9.17, 15) is 9.59 Å². The molecule has 0 aliphatic carbocycles. The number of hydrogen-bond donors (Lipinski definition) is 4. The van der Waals surface area contributed by atoms with Crippen LogP contribution in [0.25, 0.3) is 5.69 Å². The van der Waals surface area contributed by atoms with E-state index in [4.69, 9.17) is 9.84 Å². The van der Waals surface area contributed by atoms with E-state index in [1.54, 1.807) is 36.7 Å². The van der Waals surface area contributed by atoms with Gasteiger partial charge >= 0.3 is 6.03 Å². The quantitative estimate of drug-likeness (QED) is 0.271. The second-order valence-electron chi connectivity index (χ2n) is 10.7. The minimum absolute atomic E-state index is 0.200. The molecule has 0 saturated carbocycles. The Balaban J connectivity index is 1.34. The molecule has 5 rings (SSSR count). The van der Waals surface area contributed by atoms with Gasteiger partial charge in [0.1, 0.15) is 12.1 Å². The average molecular weight is 527 g/mol. The fourth-order valence-corrected chi connectivity index (χ4v) is 3.90. The number of fused-ring (bicyclic) bond motifs is 1. The molecule has 0 bridgehead atoms. The van der Waals surface area contributed by atoms with Crippen LogP contribution in [0.4, 0.5) is 33.6 Å². The number of aromatic nitrogens is 4. The van der Waals surface area contributed by atoms with Crippen LogP contribution in [0, 0.1) is 0 Å². The maximum absolute atomic E-state index is 13.0. The van der Waals surface area contributed by atoms with Crippen LogP contribution in [0.2, 0.25) is 0 Å². The highest BCUT2D eigenvalue weighted by Gasteiger charge is 2.37. The Morgan fingerprint density at radius 2 is 1.72 bits per heavy atom. The average Bonchev–Trinajstić information content (AvgIpc) is 3.30. The van der Waals surface area contributed by atoms with E-state index in [0.29, 0.717) is 28.8 Å². The van der Waals surface area contributed by atoms with Gasteiger partial charge in [-0.15, -0.1) is 0 Å². The van der Waals surface area contributed by atoms with Gasteiger partial charge in [0.2, 0.25) is 5.75 Å². The van der Waals surface area contributed by atoms with Crippen LogP contribution in [0.5, 0.6) is 5.75 Å². The van der Waals surface area contributed by atoms with E-state index in [2.05, 4.69) is 52.0 Å². The molecule has 200 valence electrons. The minimum Gasteiger partial charge on any atom is -0.470 e. The van der Waals surface area contributed by atoms with Gasteiger partial charge in [-0.05, 0) is 44.2 Å². The Morgan fingerprint density at radius 3 is 2.46 bits per heavy atom. The van der Waals surface area contributed by atoms with Crippen LogP contribution in [0.15, 0.2) is 67.0 Å². The van der Waals surface area contributed by atoms with Crippen molar-refractivity contribution in [3.05, 3.63) is 72.7 Å². The highest BCUT2D eigenvalue weighted by atomic mass is 16.5. The molecule has 3 heterocycles. The van der Waals surface area contributed by atoms with Crippen LogP contribution in [-0.4, -0.2) is 37.3 Å². The number of hydrogen-bond acceptors (Lipinski definition) is 7. The number of urea groups is 1. The normalized spacial score (nSPS) is 14.0. The number of benzene rings is 2. The zero-order valence-electron chi connectivity index (χ0n) is 22.4. The molecule has 11 heteroatoms. The standard InChI is InChI=1S/C28H30N8O3/c1-27(2,3)20-15-21(36(35-20)19-12-7-6-8-13-19)33-26(38)32-18-11-9-10-17(14-18)31-23-22-24(30-16-29-23)34-25(37)28(4,5)39-22/h6-16H,1-5H3,(H2,32,33,38)(H2,29,30,31,34,37). The summed E-state index contributed by atoms with van der Waals surface area (Å²) in [6.45, 7) is 9.55. The van der Waals surface area contributed by atoms with Crippen LogP contribution < -0.4 is 26.0 Å². The molecule has 0 fully saturated rings. The number of carbonyl (C=O) groups excluding carboxylic acids is 2. The summed E-state index contributed by atoms with van der Waals surface area (Å²) in [7, 11) is 0. The maximum atomic E-state index is 13.0. The summed E-state index contributed by atoms with van der Waals surface area (Å²) in [5.41, 5.74) is 1.61. The molecular weight excluding hydrogens is 496 g/mol. The summed E-state index contributed by atoms with van der Waals surface area (Å²) in [5, 5.41) is 16.5. The van der Waals surface area contributed by atoms with Crippen LogP contribution in [-0.2, 0) is 10.2 Å².